The number of furan rings is 1. The van der Waals surface area contributed by atoms with E-state index in [9.17, 15) is 4.79 Å². The number of carbonyl (C=O) groups excluding carboxylic acids is 1. The van der Waals surface area contributed by atoms with E-state index in [0.29, 0.717) is 5.76 Å². The number of likely N-dealkylation sites (tertiary alicyclic amines) is 1. The van der Waals surface area contributed by atoms with E-state index < -0.39 is 0 Å². The van der Waals surface area contributed by atoms with Crippen molar-refractivity contribution < 1.29 is 9.21 Å². The zero-order chi connectivity index (χ0) is 19.7. The van der Waals surface area contributed by atoms with Gasteiger partial charge in [0.1, 0.15) is 5.58 Å². The molecular weight excluding hydrogens is 348 g/mol. The van der Waals surface area contributed by atoms with Crippen molar-refractivity contribution in [2.75, 3.05) is 6.54 Å². The summed E-state index contributed by atoms with van der Waals surface area (Å²) in [5, 5.41) is 1.05. The summed E-state index contributed by atoms with van der Waals surface area (Å²) < 4.78 is 6.13. The highest BCUT2D eigenvalue weighted by molar-refractivity contribution is 6.00. The third-order valence-electron chi connectivity index (χ3n) is 6.17. The number of aromatic nitrogens is 1. The second-order valence-corrected chi connectivity index (χ2v) is 7.95. The van der Waals surface area contributed by atoms with E-state index in [2.05, 4.69) is 37.0 Å². The van der Waals surface area contributed by atoms with Crippen LogP contribution in [-0.2, 0) is 6.42 Å². The average Bonchev–Trinajstić information content (AvgIpc) is 3.07. The highest BCUT2D eigenvalue weighted by Gasteiger charge is 2.31. The van der Waals surface area contributed by atoms with E-state index in [4.69, 9.17) is 4.42 Å². The predicted molar refractivity (Wildman–Crippen MR) is 112 cm³/mol. The maximum absolute atomic E-state index is 13.4. The Balaban J connectivity index is 1.59. The van der Waals surface area contributed by atoms with Gasteiger partial charge in [0, 0.05) is 35.4 Å². The van der Waals surface area contributed by atoms with Gasteiger partial charge in [0.05, 0.1) is 0 Å². The van der Waals surface area contributed by atoms with Gasteiger partial charge in [-0.1, -0.05) is 18.2 Å². The van der Waals surface area contributed by atoms with Crippen molar-refractivity contribution >= 4 is 16.9 Å². The first-order valence-electron chi connectivity index (χ1n) is 10.3. The lowest BCUT2D eigenvalue weighted by atomic mass is 9.96. The van der Waals surface area contributed by atoms with E-state index in [1.165, 1.54) is 12.0 Å². The molecule has 1 aliphatic heterocycles. The molecule has 1 atom stereocenters. The van der Waals surface area contributed by atoms with Crippen LogP contribution < -0.4 is 0 Å². The van der Waals surface area contributed by atoms with Crippen LogP contribution in [0.1, 0.15) is 58.6 Å². The van der Waals surface area contributed by atoms with Gasteiger partial charge in [0.25, 0.3) is 5.91 Å². The third kappa shape index (κ3) is 3.44. The van der Waals surface area contributed by atoms with Crippen LogP contribution in [0.2, 0.25) is 0 Å². The standard InChI is InChI=1S/C24H28N2O2/c1-16-10-13-21-18(3)23(28-22(21)17(16)2)24(27)26-15-7-5-9-20(26)12-11-19-8-4-6-14-25-19/h4,6,8,10,13-14,20H,5,7,9,11-12,15H2,1-3H3/t20-/m1/s1. The van der Waals surface area contributed by atoms with Gasteiger partial charge in [-0.25, -0.2) is 0 Å². The van der Waals surface area contributed by atoms with Crippen LogP contribution in [0.3, 0.4) is 0 Å². The number of hydrogen-bond acceptors (Lipinski definition) is 3. The Kier molecular flexibility index (Phi) is 5.21. The molecule has 3 heterocycles. The second-order valence-electron chi connectivity index (χ2n) is 7.95. The molecule has 0 N–H and O–H groups in total. The lowest BCUT2D eigenvalue weighted by molar-refractivity contribution is 0.0570. The van der Waals surface area contributed by atoms with Crippen LogP contribution in [0.25, 0.3) is 11.0 Å². The summed E-state index contributed by atoms with van der Waals surface area (Å²) >= 11 is 0. The Morgan fingerprint density at radius 3 is 2.79 bits per heavy atom. The molecule has 0 radical (unpaired) electrons. The van der Waals surface area contributed by atoms with Crippen LogP contribution >= 0.6 is 0 Å². The Morgan fingerprint density at radius 2 is 2.00 bits per heavy atom. The van der Waals surface area contributed by atoms with Crippen LogP contribution in [0.4, 0.5) is 0 Å². The highest BCUT2D eigenvalue weighted by Crippen LogP contribution is 2.32. The molecule has 28 heavy (non-hydrogen) atoms. The maximum atomic E-state index is 13.4. The number of amides is 1. The Labute approximate surface area is 166 Å². The van der Waals surface area contributed by atoms with E-state index >= 15 is 0 Å². The van der Waals surface area contributed by atoms with Gasteiger partial charge in [0.2, 0.25) is 0 Å². The first-order valence-corrected chi connectivity index (χ1v) is 10.3. The van der Waals surface area contributed by atoms with Crippen LogP contribution in [0, 0.1) is 20.8 Å². The molecule has 146 valence electrons. The van der Waals surface area contributed by atoms with Gasteiger partial charge in [-0.05, 0) is 76.1 Å². The van der Waals surface area contributed by atoms with Crippen molar-refractivity contribution in [3.05, 3.63) is 64.7 Å². The molecule has 4 nitrogen and oxygen atoms in total. The molecule has 0 saturated carbocycles. The third-order valence-corrected chi connectivity index (χ3v) is 6.17. The highest BCUT2D eigenvalue weighted by atomic mass is 16.3. The number of hydrogen-bond donors (Lipinski definition) is 0. The van der Waals surface area contributed by atoms with Crippen molar-refractivity contribution in [1.82, 2.24) is 9.88 Å². The maximum Gasteiger partial charge on any atom is 0.290 e. The van der Waals surface area contributed by atoms with Gasteiger partial charge in [-0.2, -0.15) is 0 Å². The topological polar surface area (TPSA) is 46.3 Å². The summed E-state index contributed by atoms with van der Waals surface area (Å²) in [6.07, 6.45) is 6.96. The van der Waals surface area contributed by atoms with Gasteiger partial charge in [0.15, 0.2) is 5.76 Å². The number of carbonyl (C=O) groups is 1. The molecule has 0 aliphatic carbocycles. The van der Waals surface area contributed by atoms with Crippen molar-refractivity contribution in [1.29, 1.82) is 0 Å². The lowest BCUT2D eigenvalue weighted by Crippen LogP contribution is -2.44. The molecule has 1 aliphatic rings. The summed E-state index contributed by atoms with van der Waals surface area (Å²) in [6, 6.07) is 10.4. The van der Waals surface area contributed by atoms with E-state index in [-0.39, 0.29) is 11.9 Å². The molecule has 0 unspecified atom stereocenters. The van der Waals surface area contributed by atoms with E-state index in [1.807, 2.05) is 30.2 Å². The number of benzene rings is 1. The molecule has 2 aromatic heterocycles. The zero-order valence-electron chi connectivity index (χ0n) is 17.0. The first-order chi connectivity index (χ1) is 13.6. The number of fused-ring (bicyclic) bond motifs is 1. The summed E-state index contributed by atoms with van der Waals surface area (Å²) in [5.74, 6) is 0.546. The summed E-state index contributed by atoms with van der Waals surface area (Å²) in [6.45, 7) is 6.94. The normalized spacial score (nSPS) is 17.2. The molecule has 1 saturated heterocycles. The number of nitrogens with zero attached hydrogens (tertiary/aromatic N) is 2. The molecule has 4 heteroatoms. The number of piperidine rings is 1. The fourth-order valence-electron chi connectivity index (χ4n) is 4.28. The zero-order valence-corrected chi connectivity index (χ0v) is 17.0. The van der Waals surface area contributed by atoms with Gasteiger partial charge < -0.3 is 9.32 Å². The molecule has 0 bridgehead atoms. The van der Waals surface area contributed by atoms with Crippen molar-refractivity contribution in [2.45, 2.75) is 58.9 Å². The lowest BCUT2D eigenvalue weighted by Gasteiger charge is -2.35. The van der Waals surface area contributed by atoms with Gasteiger partial charge in [-0.3, -0.25) is 9.78 Å². The first kappa shape index (κ1) is 18.7. The molecule has 1 fully saturated rings. The fraction of sp³-hybridized carbons (Fsp3) is 0.417. The molecule has 0 spiro atoms. The Bertz CT molecular complexity index is 991. The summed E-state index contributed by atoms with van der Waals surface area (Å²) in [4.78, 5) is 19.9. The largest absolute Gasteiger partial charge is 0.450 e. The number of pyridine rings is 1. The minimum atomic E-state index is 0.0384. The molecule has 3 aromatic rings. The Morgan fingerprint density at radius 1 is 1.14 bits per heavy atom. The number of rotatable bonds is 4. The minimum absolute atomic E-state index is 0.0384. The van der Waals surface area contributed by atoms with Crippen molar-refractivity contribution in [3.63, 3.8) is 0 Å². The van der Waals surface area contributed by atoms with E-state index in [0.717, 1.165) is 60.0 Å². The van der Waals surface area contributed by atoms with Crippen LogP contribution in [0.5, 0.6) is 0 Å². The van der Waals surface area contributed by atoms with Gasteiger partial charge >= 0.3 is 0 Å². The van der Waals surface area contributed by atoms with Crippen LogP contribution in [0.15, 0.2) is 40.9 Å². The quantitative estimate of drug-likeness (QED) is 0.614. The number of aryl methyl sites for hydroxylation is 4. The Hall–Kier alpha value is -2.62. The van der Waals surface area contributed by atoms with E-state index in [1.54, 1.807) is 0 Å². The summed E-state index contributed by atoms with van der Waals surface area (Å²) in [7, 11) is 0. The second kappa shape index (κ2) is 7.78. The SMILES string of the molecule is Cc1ccc2c(C)c(C(=O)N3CCCC[C@@H]3CCc3ccccn3)oc2c1C. The van der Waals surface area contributed by atoms with Crippen LogP contribution in [-0.4, -0.2) is 28.4 Å². The predicted octanol–water partition coefficient (Wildman–Crippen LogP) is 5.38. The van der Waals surface area contributed by atoms with Gasteiger partial charge in [-0.15, -0.1) is 0 Å². The smallest absolute Gasteiger partial charge is 0.290 e. The molecule has 4 rings (SSSR count). The summed E-state index contributed by atoms with van der Waals surface area (Å²) in [5.41, 5.74) is 5.20. The molecule has 1 aromatic carbocycles. The molecular formula is C24H28N2O2. The van der Waals surface area contributed by atoms with Crippen molar-refractivity contribution in [3.8, 4) is 0 Å². The van der Waals surface area contributed by atoms with Crippen molar-refractivity contribution in [2.24, 2.45) is 0 Å². The fourth-order valence-corrected chi connectivity index (χ4v) is 4.28. The average molecular weight is 377 g/mol. The molecule has 1 amide bonds. The minimum Gasteiger partial charge on any atom is -0.450 e. The monoisotopic (exact) mass is 376 g/mol.